The van der Waals surface area contributed by atoms with Gasteiger partial charge in [-0.15, -0.1) is 0 Å². The summed E-state index contributed by atoms with van der Waals surface area (Å²) in [6.45, 7) is 2.88. The Balaban J connectivity index is 2.07. The number of hydrogen-bond donors (Lipinski definition) is 0. The first-order valence-corrected chi connectivity index (χ1v) is 6.76. The Kier molecular flexibility index (Phi) is 4.46. The number of allylic oxidation sites excluding steroid dienone is 2. The van der Waals surface area contributed by atoms with Crippen molar-refractivity contribution in [3.05, 3.63) is 47.1 Å². The molecule has 1 aliphatic carbocycles. The minimum atomic E-state index is -1.95. The van der Waals surface area contributed by atoms with E-state index < -0.39 is 52.7 Å². The quantitative estimate of drug-likeness (QED) is 0.279. The molecule has 1 aromatic carbocycles. The van der Waals surface area contributed by atoms with E-state index >= 15 is 0 Å². The zero-order valence-electron chi connectivity index (χ0n) is 12.4. The fourth-order valence-corrected chi connectivity index (χ4v) is 2.60. The van der Waals surface area contributed by atoms with Gasteiger partial charge in [0.2, 0.25) is 0 Å². The SMILES string of the molecule is CC1(C)[C@H](/C=C\C#N)[C@@H]1C(=O)OCc1cc(F)c(F)c(F)c1F. The van der Waals surface area contributed by atoms with Gasteiger partial charge >= 0.3 is 5.97 Å². The summed E-state index contributed by atoms with van der Waals surface area (Å²) in [7, 11) is 0. The van der Waals surface area contributed by atoms with E-state index in [4.69, 9.17) is 10.00 Å². The summed E-state index contributed by atoms with van der Waals surface area (Å²) in [6.07, 6.45) is 2.83. The first-order valence-electron chi connectivity index (χ1n) is 6.76. The van der Waals surface area contributed by atoms with Crippen molar-refractivity contribution in [1.82, 2.24) is 0 Å². The van der Waals surface area contributed by atoms with Gasteiger partial charge in [0.1, 0.15) is 6.61 Å². The molecule has 0 radical (unpaired) electrons. The van der Waals surface area contributed by atoms with Gasteiger partial charge in [0.05, 0.1) is 12.0 Å². The maximum atomic E-state index is 13.5. The van der Waals surface area contributed by atoms with E-state index in [0.29, 0.717) is 6.07 Å². The van der Waals surface area contributed by atoms with Crippen molar-refractivity contribution in [1.29, 1.82) is 5.26 Å². The van der Waals surface area contributed by atoms with Crippen LogP contribution in [-0.2, 0) is 16.1 Å². The van der Waals surface area contributed by atoms with E-state index in [1.165, 1.54) is 6.08 Å². The average Bonchev–Trinajstić information content (AvgIpc) is 3.06. The molecule has 1 aromatic rings. The number of esters is 1. The third-order valence-corrected chi connectivity index (χ3v) is 4.09. The van der Waals surface area contributed by atoms with Crippen molar-refractivity contribution >= 4 is 5.97 Å². The van der Waals surface area contributed by atoms with E-state index in [9.17, 15) is 22.4 Å². The number of carbonyl (C=O) groups excluding carboxylic acids is 1. The van der Waals surface area contributed by atoms with Gasteiger partial charge in [0, 0.05) is 11.6 Å². The van der Waals surface area contributed by atoms with Crippen LogP contribution in [0.1, 0.15) is 19.4 Å². The van der Waals surface area contributed by atoms with Gasteiger partial charge in [-0.3, -0.25) is 4.79 Å². The Labute approximate surface area is 130 Å². The van der Waals surface area contributed by atoms with Crippen LogP contribution >= 0.6 is 0 Å². The van der Waals surface area contributed by atoms with Crippen LogP contribution in [0.4, 0.5) is 17.6 Å². The number of carbonyl (C=O) groups is 1. The van der Waals surface area contributed by atoms with E-state index in [0.717, 1.165) is 0 Å². The summed E-state index contributed by atoms with van der Waals surface area (Å²) in [5.74, 6) is -8.43. The second-order valence-electron chi connectivity index (χ2n) is 5.88. The molecule has 0 bridgehead atoms. The van der Waals surface area contributed by atoms with E-state index in [2.05, 4.69) is 0 Å². The molecule has 0 saturated heterocycles. The summed E-state index contributed by atoms with van der Waals surface area (Å²) in [4.78, 5) is 12.0. The van der Waals surface area contributed by atoms with Gasteiger partial charge in [0.25, 0.3) is 0 Å². The number of nitrogens with zero attached hydrogens (tertiary/aromatic N) is 1. The Morgan fingerprint density at radius 3 is 2.57 bits per heavy atom. The summed E-state index contributed by atoms with van der Waals surface area (Å²) in [6, 6.07) is 2.27. The number of ether oxygens (including phenoxy) is 1. The lowest BCUT2D eigenvalue weighted by Gasteiger charge is -2.08. The van der Waals surface area contributed by atoms with Crippen LogP contribution in [0.25, 0.3) is 0 Å². The lowest BCUT2D eigenvalue weighted by molar-refractivity contribution is -0.147. The van der Waals surface area contributed by atoms with Gasteiger partial charge in [-0.05, 0) is 17.4 Å². The molecule has 0 amide bonds. The molecule has 0 aromatic heterocycles. The molecule has 3 nitrogen and oxygen atoms in total. The average molecular weight is 327 g/mol. The fourth-order valence-electron chi connectivity index (χ4n) is 2.60. The predicted octanol–water partition coefficient (Wildman–Crippen LogP) is 3.64. The number of rotatable bonds is 4. The fraction of sp³-hybridized carbons (Fsp3) is 0.375. The molecule has 0 heterocycles. The normalized spacial score (nSPS) is 22.0. The molecule has 1 aliphatic rings. The summed E-state index contributed by atoms with van der Waals surface area (Å²) >= 11 is 0. The second kappa shape index (κ2) is 6.03. The van der Waals surface area contributed by atoms with Crippen molar-refractivity contribution in [2.75, 3.05) is 0 Å². The molecular weight excluding hydrogens is 314 g/mol. The van der Waals surface area contributed by atoms with E-state index in [-0.39, 0.29) is 5.92 Å². The Morgan fingerprint density at radius 2 is 1.96 bits per heavy atom. The highest BCUT2D eigenvalue weighted by molar-refractivity contribution is 5.78. The van der Waals surface area contributed by atoms with Crippen LogP contribution in [0.5, 0.6) is 0 Å². The number of benzene rings is 1. The molecule has 1 fully saturated rings. The number of hydrogen-bond acceptors (Lipinski definition) is 3. The lowest BCUT2D eigenvalue weighted by atomic mass is 10.1. The monoisotopic (exact) mass is 327 g/mol. The summed E-state index contributed by atoms with van der Waals surface area (Å²) < 4.78 is 57.4. The maximum Gasteiger partial charge on any atom is 0.310 e. The van der Waals surface area contributed by atoms with Gasteiger partial charge in [-0.1, -0.05) is 19.9 Å². The van der Waals surface area contributed by atoms with Crippen molar-refractivity contribution in [3.8, 4) is 6.07 Å². The predicted molar refractivity (Wildman–Crippen MR) is 71.6 cm³/mol. The van der Waals surface area contributed by atoms with Gasteiger partial charge in [0.15, 0.2) is 23.3 Å². The molecule has 0 unspecified atom stereocenters. The highest BCUT2D eigenvalue weighted by atomic mass is 19.2. The topological polar surface area (TPSA) is 50.1 Å². The van der Waals surface area contributed by atoms with Crippen molar-refractivity contribution in [3.63, 3.8) is 0 Å². The summed E-state index contributed by atoms with van der Waals surface area (Å²) in [5, 5.41) is 8.50. The van der Waals surface area contributed by atoms with Crippen LogP contribution < -0.4 is 0 Å². The zero-order chi connectivity index (χ0) is 17.4. The third kappa shape index (κ3) is 3.07. The molecule has 1 saturated carbocycles. The molecule has 2 atom stereocenters. The first kappa shape index (κ1) is 17.0. The molecule has 23 heavy (non-hydrogen) atoms. The molecule has 2 rings (SSSR count). The standard InChI is InChI=1S/C16H13F4NO2/c1-16(2)9(4-3-5-21)11(16)15(22)23-7-8-6-10(17)13(19)14(20)12(8)18/h3-4,6,9,11H,7H2,1-2H3/b4-3-/t9-,11-/m1/s1. The minimum Gasteiger partial charge on any atom is -0.460 e. The van der Waals surface area contributed by atoms with Crippen LogP contribution in [0.15, 0.2) is 18.2 Å². The Morgan fingerprint density at radius 1 is 1.30 bits per heavy atom. The molecule has 0 N–H and O–H groups in total. The number of nitriles is 1. The van der Waals surface area contributed by atoms with Gasteiger partial charge in [-0.2, -0.15) is 5.26 Å². The summed E-state index contributed by atoms with van der Waals surface area (Å²) in [5.41, 5.74) is -1.01. The minimum absolute atomic E-state index is 0.207. The van der Waals surface area contributed by atoms with Crippen molar-refractivity contribution in [2.45, 2.75) is 20.5 Å². The highest BCUT2D eigenvalue weighted by Crippen LogP contribution is 2.59. The first-order chi connectivity index (χ1) is 10.7. The third-order valence-electron chi connectivity index (χ3n) is 4.09. The Hall–Kier alpha value is -2.36. The van der Waals surface area contributed by atoms with Crippen molar-refractivity contribution < 1.29 is 27.1 Å². The van der Waals surface area contributed by atoms with Crippen LogP contribution in [0, 0.1) is 51.9 Å². The zero-order valence-corrected chi connectivity index (χ0v) is 12.4. The molecule has 7 heteroatoms. The van der Waals surface area contributed by atoms with Crippen molar-refractivity contribution in [2.24, 2.45) is 17.3 Å². The molecule has 0 spiro atoms. The van der Waals surface area contributed by atoms with Crippen LogP contribution in [-0.4, -0.2) is 5.97 Å². The smallest absolute Gasteiger partial charge is 0.310 e. The van der Waals surface area contributed by atoms with E-state index in [1.807, 2.05) is 6.07 Å². The van der Waals surface area contributed by atoms with Gasteiger partial charge in [-0.25, -0.2) is 17.6 Å². The van der Waals surface area contributed by atoms with Crippen LogP contribution in [0.3, 0.4) is 0 Å². The lowest BCUT2D eigenvalue weighted by Crippen LogP contribution is -2.12. The largest absolute Gasteiger partial charge is 0.460 e. The van der Waals surface area contributed by atoms with E-state index in [1.54, 1.807) is 19.9 Å². The molecular formula is C16H13F4NO2. The molecule has 0 aliphatic heterocycles. The van der Waals surface area contributed by atoms with Crippen LogP contribution in [0.2, 0.25) is 0 Å². The second-order valence-corrected chi connectivity index (χ2v) is 5.88. The van der Waals surface area contributed by atoms with Gasteiger partial charge < -0.3 is 4.74 Å². The molecule has 122 valence electrons. The highest BCUT2D eigenvalue weighted by Gasteiger charge is 2.61. The number of halogens is 4. The Bertz CT molecular complexity index is 722. The maximum absolute atomic E-state index is 13.5.